The molecule has 0 fully saturated rings. The van der Waals surface area contributed by atoms with Crippen LogP contribution in [0, 0.1) is 0 Å². The molecule has 1 heterocycles. The Hall–Kier alpha value is -0.710. The van der Waals surface area contributed by atoms with E-state index in [0.29, 0.717) is 5.75 Å². The zero-order valence-electron chi connectivity index (χ0n) is 6.10. The first kappa shape index (κ1) is 9.38. The lowest BCUT2D eigenvalue weighted by Gasteiger charge is -2.06. The number of hydrogen-bond acceptors (Lipinski definition) is 2. The van der Waals surface area contributed by atoms with Gasteiger partial charge in [0.1, 0.15) is 5.75 Å². The molecule has 0 aliphatic rings. The van der Waals surface area contributed by atoms with E-state index in [-0.39, 0.29) is 6.61 Å². The molecule has 1 aromatic rings. The Balaban J connectivity index is 2.20. The van der Waals surface area contributed by atoms with Gasteiger partial charge in [0.05, 0.1) is 13.0 Å². The summed E-state index contributed by atoms with van der Waals surface area (Å²) in [4.78, 5) is 0. The minimum atomic E-state index is -4.13. The number of halogens is 3. The van der Waals surface area contributed by atoms with E-state index < -0.39 is 12.6 Å². The summed E-state index contributed by atoms with van der Waals surface area (Å²) in [5.74, 6) is 0.504. The third-order valence-corrected chi connectivity index (χ3v) is 1.81. The highest BCUT2D eigenvalue weighted by Crippen LogP contribution is 2.21. The molecule has 0 aliphatic carbocycles. The summed E-state index contributed by atoms with van der Waals surface area (Å²) in [6, 6.07) is 1.64. The van der Waals surface area contributed by atoms with Crippen LogP contribution in [0.2, 0.25) is 0 Å². The van der Waals surface area contributed by atoms with Gasteiger partial charge >= 0.3 is 6.18 Å². The molecule has 0 bridgehead atoms. The van der Waals surface area contributed by atoms with Crippen LogP contribution in [-0.2, 0) is 0 Å². The molecule has 0 radical (unpaired) electrons. The van der Waals surface area contributed by atoms with Crippen LogP contribution in [0.3, 0.4) is 0 Å². The molecule has 68 valence electrons. The lowest BCUT2D eigenvalue weighted by atomic mass is 10.4. The summed E-state index contributed by atoms with van der Waals surface area (Å²) >= 11 is 1.39. The van der Waals surface area contributed by atoms with Gasteiger partial charge in [0.15, 0.2) is 0 Å². The minimum absolute atomic E-state index is 0.305. The summed E-state index contributed by atoms with van der Waals surface area (Å²) in [6.45, 7) is -0.305. The van der Waals surface area contributed by atoms with E-state index in [0.717, 1.165) is 0 Å². The normalized spacial score (nSPS) is 11.6. The van der Waals surface area contributed by atoms with E-state index >= 15 is 0 Å². The molecule has 5 heteroatoms. The largest absolute Gasteiger partial charge is 0.492 e. The number of rotatable bonds is 3. The Morgan fingerprint density at radius 1 is 1.42 bits per heavy atom. The molecule has 0 aliphatic heterocycles. The van der Waals surface area contributed by atoms with Gasteiger partial charge in [-0.05, 0) is 11.4 Å². The summed E-state index contributed by atoms with van der Waals surface area (Å²) in [7, 11) is 0. The average Bonchev–Trinajstić information content (AvgIpc) is 2.36. The fourth-order valence-electron chi connectivity index (χ4n) is 0.619. The molecule has 0 aromatic carbocycles. The molecule has 1 aromatic heterocycles. The van der Waals surface area contributed by atoms with Crippen molar-refractivity contribution in [2.75, 3.05) is 6.61 Å². The monoisotopic (exact) mass is 196 g/mol. The molecule has 0 atom stereocenters. The van der Waals surface area contributed by atoms with E-state index in [4.69, 9.17) is 4.74 Å². The van der Waals surface area contributed by atoms with Crippen molar-refractivity contribution in [2.24, 2.45) is 0 Å². The Morgan fingerprint density at radius 2 is 2.17 bits per heavy atom. The van der Waals surface area contributed by atoms with Gasteiger partial charge in [-0.1, -0.05) is 0 Å². The fraction of sp³-hybridized carbons (Fsp3) is 0.429. The molecule has 1 nitrogen and oxygen atoms in total. The van der Waals surface area contributed by atoms with Gasteiger partial charge in [0.2, 0.25) is 0 Å². The van der Waals surface area contributed by atoms with Crippen LogP contribution in [-0.4, -0.2) is 12.8 Å². The molecule has 0 N–H and O–H groups in total. The zero-order chi connectivity index (χ0) is 9.03. The molecular weight excluding hydrogens is 189 g/mol. The van der Waals surface area contributed by atoms with Crippen molar-refractivity contribution in [1.82, 2.24) is 0 Å². The Morgan fingerprint density at radius 3 is 2.67 bits per heavy atom. The molecule has 12 heavy (non-hydrogen) atoms. The van der Waals surface area contributed by atoms with E-state index in [2.05, 4.69) is 0 Å². The van der Waals surface area contributed by atoms with Crippen molar-refractivity contribution in [1.29, 1.82) is 0 Å². The summed E-state index contributed by atoms with van der Waals surface area (Å²) in [5.41, 5.74) is 0. The van der Waals surface area contributed by atoms with Gasteiger partial charge in [0.25, 0.3) is 0 Å². The number of alkyl halides is 3. The van der Waals surface area contributed by atoms with E-state index in [1.54, 1.807) is 16.8 Å². The first-order valence-corrected chi connectivity index (χ1v) is 4.24. The van der Waals surface area contributed by atoms with E-state index in [1.807, 2.05) is 0 Å². The SMILES string of the molecule is FC(F)(F)CCOc1ccsc1. The average molecular weight is 196 g/mol. The third-order valence-electron chi connectivity index (χ3n) is 1.15. The molecule has 0 saturated carbocycles. The second kappa shape index (κ2) is 3.80. The van der Waals surface area contributed by atoms with Crippen molar-refractivity contribution in [3.8, 4) is 5.75 Å². The van der Waals surface area contributed by atoms with Crippen molar-refractivity contribution < 1.29 is 17.9 Å². The number of thiophene rings is 1. The quantitative estimate of drug-likeness (QED) is 0.721. The first-order chi connectivity index (χ1) is 5.58. The van der Waals surface area contributed by atoms with Gasteiger partial charge in [-0.25, -0.2) is 0 Å². The van der Waals surface area contributed by atoms with Crippen molar-refractivity contribution in [2.45, 2.75) is 12.6 Å². The maximum Gasteiger partial charge on any atom is 0.392 e. The van der Waals surface area contributed by atoms with Gasteiger partial charge in [-0.2, -0.15) is 13.2 Å². The van der Waals surface area contributed by atoms with Gasteiger partial charge in [-0.15, -0.1) is 11.3 Å². The van der Waals surface area contributed by atoms with Crippen molar-refractivity contribution in [3.63, 3.8) is 0 Å². The maximum absolute atomic E-state index is 11.6. The van der Waals surface area contributed by atoms with Crippen LogP contribution in [0.4, 0.5) is 13.2 Å². The van der Waals surface area contributed by atoms with Crippen LogP contribution >= 0.6 is 11.3 Å². The Labute approximate surface area is 71.8 Å². The molecule has 0 amide bonds. The zero-order valence-corrected chi connectivity index (χ0v) is 6.91. The maximum atomic E-state index is 11.6. The van der Waals surface area contributed by atoms with Crippen LogP contribution < -0.4 is 4.74 Å². The number of hydrogen-bond donors (Lipinski definition) is 0. The Kier molecular flexibility index (Phi) is 2.97. The highest BCUT2D eigenvalue weighted by Gasteiger charge is 2.26. The van der Waals surface area contributed by atoms with Crippen LogP contribution in [0.1, 0.15) is 6.42 Å². The highest BCUT2D eigenvalue weighted by molar-refractivity contribution is 7.08. The van der Waals surface area contributed by atoms with Gasteiger partial charge in [0, 0.05) is 5.38 Å². The summed E-state index contributed by atoms with van der Waals surface area (Å²) in [6.07, 6.45) is -5.03. The molecule has 0 unspecified atom stereocenters. The highest BCUT2D eigenvalue weighted by atomic mass is 32.1. The third kappa shape index (κ3) is 3.61. The van der Waals surface area contributed by atoms with Crippen molar-refractivity contribution >= 4 is 11.3 Å². The molecule has 1 rings (SSSR count). The van der Waals surface area contributed by atoms with E-state index in [1.165, 1.54) is 11.3 Å². The predicted octanol–water partition coefficient (Wildman–Crippen LogP) is 3.08. The molecule has 0 saturated heterocycles. The van der Waals surface area contributed by atoms with Gasteiger partial charge < -0.3 is 4.74 Å². The summed E-state index contributed by atoms with van der Waals surface area (Å²) < 4.78 is 39.6. The fourth-order valence-corrected chi connectivity index (χ4v) is 1.19. The second-order valence-electron chi connectivity index (χ2n) is 2.17. The van der Waals surface area contributed by atoms with Crippen LogP contribution in [0.25, 0.3) is 0 Å². The Bertz CT molecular complexity index is 217. The second-order valence-corrected chi connectivity index (χ2v) is 2.95. The predicted molar refractivity (Wildman–Crippen MR) is 40.5 cm³/mol. The first-order valence-electron chi connectivity index (χ1n) is 3.30. The van der Waals surface area contributed by atoms with Gasteiger partial charge in [-0.3, -0.25) is 0 Å². The lowest BCUT2D eigenvalue weighted by Crippen LogP contribution is -2.12. The number of ether oxygens (including phenoxy) is 1. The summed E-state index contributed by atoms with van der Waals surface area (Å²) in [5, 5.41) is 3.42. The van der Waals surface area contributed by atoms with Crippen LogP contribution in [0.5, 0.6) is 5.75 Å². The minimum Gasteiger partial charge on any atom is -0.492 e. The van der Waals surface area contributed by atoms with Crippen LogP contribution in [0.15, 0.2) is 16.8 Å². The standard InChI is InChI=1S/C7H7F3OS/c8-7(9,10)2-3-11-6-1-4-12-5-6/h1,4-5H,2-3H2. The lowest BCUT2D eigenvalue weighted by molar-refractivity contribution is -0.139. The molecule has 0 spiro atoms. The topological polar surface area (TPSA) is 9.23 Å². The van der Waals surface area contributed by atoms with Crippen molar-refractivity contribution in [3.05, 3.63) is 16.8 Å². The molecular formula is C7H7F3OS. The van der Waals surface area contributed by atoms with E-state index in [9.17, 15) is 13.2 Å². The smallest absolute Gasteiger partial charge is 0.392 e.